The molecule has 0 bridgehead atoms. The molecule has 0 aliphatic heterocycles. The zero-order chi connectivity index (χ0) is 13.0. The van der Waals surface area contributed by atoms with Crippen LogP contribution in [0.1, 0.15) is 44.1 Å². The summed E-state index contributed by atoms with van der Waals surface area (Å²) in [5.74, 6) is 0.0958. The van der Waals surface area contributed by atoms with Gasteiger partial charge in [0.05, 0.1) is 0 Å². The topological polar surface area (TPSA) is 25.2 Å². The molecule has 1 heterocycles. The highest BCUT2D eigenvalue weighted by molar-refractivity contribution is 9.10. The van der Waals surface area contributed by atoms with Gasteiger partial charge in [0.15, 0.2) is 0 Å². The van der Waals surface area contributed by atoms with Crippen molar-refractivity contribution >= 4 is 21.8 Å². The first-order chi connectivity index (χ1) is 8.01. The van der Waals surface area contributed by atoms with Crippen LogP contribution in [0, 0.1) is 0 Å². The first-order valence-electron chi connectivity index (χ1n) is 6.14. The zero-order valence-electron chi connectivity index (χ0n) is 11.0. The molecule has 0 fully saturated rings. The maximum absolute atomic E-state index is 12.3. The van der Waals surface area contributed by atoms with E-state index >= 15 is 0 Å². The molecule has 0 N–H and O–H groups in total. The van der Waals surface area contributed by atoms with E-state index in [4.69, 9.17) is 0 Å². The third-order valence-electron chi connectivity index (χ3n) is 3.11. The van der Waals surface area contributed by atoms with Crippen LogP contribution in [0.3, 0.4) is 0 Å². The summed E-state index contributed by atoms with van der Waals surface area (Å²) in [7, 11) is 1.88. The third-order valence-corrected chi connectivity index (χ3v) is 3.54. The molecule has 96 valence electrons. The molecular formula is C13H21BrN2O. The summed E-state index contributed by atoms with van der Waals surface area (Å²) in [6.07, 6.45) is 4.08. The van der Waals surface area contributed by atoms with Crippen molar-refractivity contribution in [2.75, 3.05) is 7.05 Å². The van der Waals surface area contributed by atoms with Crippen LogP contribution in [0.5, 0.6) is 0 Å². The number of carbonyl (C=O) groups excluding carboxylic acids is 1. The number of aromatic nitrogens is 1. The summed E-state index contributed by atoms with van der Waals surface area (Å²) in [5, 5.41) is 0. The van der Waals surface area contributed by atoms with E-state index in [1.807, 2.05) is 35.7 Å². The van der Waals surface area contributed by atoms with Crippen LogP contribution < -0.4 is 0 Å². The van der Waals surface area contributed by atoms with Crippen molar-refractivity contribution in [3.05, 3.63) is 22.4 Å². The highest BCUT2D eigenvalue weighted by Crippen LogP contribution is 2.18. The van der Waals surface area contributed by atoms with E-state index in [0.29, 0.717) is 0 Å². The molecule has 1 unspecified atom stereocenters. The monoisotopic (exact) mass is 300 g/mol. The van der Waals surface area contributed by atoms with Gasteiger partial charge >= 0.3 is 0 Å². The van der Waals surface area contributed by atoms with E-state index < -0.39 is 0 Å². The zero-order valence-corrected chi connectivity index (χ0v) is 12.6. The second-order valence-corrected chi connectivity index (χ2v) is 5.30. The molecule has 0 aromatic carbocycles. The van der Waals surface area contributed by atoms with Crippen LogP contribution in [0.4, 0.5) is 0 Å². The van der Waals surface area contributed by atoms with Gasteiger partial charge in [0.2, 0.25) is 0 Å². The molecule has 1 amide bonds. The largest absolute Gasteiger partial charge is 0.343 e. The van der Waals surface area contributed by atoms with E-state index in [1.165, 1.54) is 0 Å². The predicted octanol–water partition coefficient (Wildman–Crippen LogP) is 3.53. The average Bonchev–Trinajstić information content (AvgIpc) is 2.68. The molecule has 0 radical (unpaired) electrons. The van der Waals surface area contributed by atoms with E-state index in [-0.39, 0.29) is 11.9 Å². The highest BCUT2D eigenvalue weighted by Gasteiger charge is 2.20. The summed E-state index contributed by atoms with van der Waals surface area (Å²) in [6, 6.07) is 2.17. The third kappa shape index (κ3) is 3.35. The standard InChI is InChI=1S/C13H21BrN2O/c1-5-7-10(3)15(4)13(17)12-8-11(14)9-16(12)6-2/h8-10H,5-7H2,1-4H3. The Morgan fingerprint density at radius 2 is 2.18 bits per heavy atom. The van der Waals surface area contributed by atoms with Crippen molar-refractivity contribution in [3.63, 3.8) is 0 Å². The van der Waals surface area contributed by atoms with Crippen LogP contribution in [0.15, 0.2) is 16.7 Å². The summed E-state index contributed by atoms with van der Waals surface area (Å²) in [5.41, 5.74) is 0.754. The lowest BCUT2D eigenvalue weighted by atomic mass is 10.1. The maximum Gasteiger partial charge on any atom is 0.270 e. The van der Waals surface area contributed by atoms with E-state index in [1.54, 1.807) is 0 Å². The summed E-state index contributed by atoms with van der Waals surface area (Å²) < 4.78 is 2.93. The van der Waals surface area contributed by atoms with Gasteiger partial charge in [-0.15, -0.1) is 0 Å². The Bertz CT molecular complexity index is 387. The number of rotatable bonds is 5. The van der Waals surface area contributed by atoms with Crippen molar-refractivity contribution in [3.8, 4) is 0 Å². The van der Waals surface area contributed by atoms with Gasteiger partial charge < -0.3 is 9.47 Å². The number of aryl methyl sites for hydroxylation is 1. The molecule has 3 nitrogen and oxygen atoms in total. The quantitative estimate of drug-likeness (QED) is 0.816. The molecule has 0 aliphatic carbocycles. The lowest BCUT2D eigenvalue weighted by molar-refractivity contribution is 0.0726. The Balaban J connectivity index is 2.87. The maximum atomic E-state index is 12.3. The molecule has 17 heavy (non-hydrogen) atoms. The minimum atomic E-state index is 0.0958. The molecule has 0 aliphatic rings. The Kier molecular flexibility index (Phi) is 5.25. The smallest absolute Gasteiger partial charge is 0.270 e. The van der Waals surface area contributed by atoms with Crippen molar-refractivity contribution in [1.82, 2.24) is 9.47 Å². The van der Waals surface area contributed by atoms with Crippen LogP contribution >= 0.6 is 15.9 Å². The van der Waals surface area contributed by atoms with Gasteiger partial charge in [0.1, 0.15) is 5.69 Å². The normalized spacial score (nSPS) is 12.5. The fraction of sp³-hybridized carbons (Fsp3) is 0.615. The van der Waals surface area contributed by atoms with Gasteiger partial charge in [-0.05, 0) is 42.3 Å². The Labute approximate surface area is 112 Å². The molecule has 1 aromatic rings. The number of hydrogen-bond donors (Lipinski definition) is 0. The van der Waals surface area contributed by atoms with Crippen molar-refractivity contribution < 1.29 is 4.79 Å². The molecular weight excluding hydrogens is 280 g/mol. The van der Waals surface area contributed by atoms with Gasteiger partial charge in [-0.2, -0.15) is 0 Å². The van der Waals surface area contributed by atoms with Gasteiger partial charge in [-0.1, -0.05) is 13.3 Å². The molecule has 4 heteroatoms. The van der Waals surface area contributed by atoms with Crippen LogP contribution in [0.25, 0.3) is 0 Å². The molecule has 0 spiro atoms. The first kappa shape index (κ1) is 14.3. The summed E-state index contributed by atoms with van der Waals surface area (Å²) in [6.45, 7) is 7.08. The first-order valence-corrected chi connectivity index (χ1v) is 6.93. The van der Waals surface area contributed by atoms with Crippen molar-refractivity contribution in [1.29, 1.82) is 0 Å². The molecule has 1 rings (SSSR count). The average molecular weight is 301 g/mol. The van der Waals surface area contributed by atoms with Crippen LogP contribution in [-0.4, -0.2) is 28.5 Å². The number of carbonyl (C=O) groups is 1. The second-order valence-electron chi connectivity index (χ2n) is 4.38. The van der Waals surface area contributed by atoms with Gasteiger partial charge in [0, 0.05) is 30.3 Å². The molecule has 0 saturated carbocycles. The van der Waals surface area contributed by atoms with Crippen molar-refractivity contribution in [2.24, 2.45) is 0 Å². The number of nitrogens with zero attached hydrogens (tertiary/aromatic N) is 2. The number of halogens is 1. The van der Waals surface area contributed by atoms with Gasteiger partial charge in [0.25, 0.3) is 5.91 Å². The predicted molar refractivity (Wildman–Crippen MR) is 74.3 cm³/mol. The lowest BCUT2D eigenvalue weighted by Crippen LogP contribution is -2.36. The summed E-state index contributed by atoms with van der Waals surface area (Å²) in [4.78, 5) is 14.2. The SMILES string of the molecule is CCCC(C)N(C)C(=O)c1cc(Br)cn1CC. The Hall–Kier alpha value is -0.770. The molecule has 1 aromatic heterocycles. The Morgan fingerprint density at radius 1 is 1.53 bits per heavy atom. The van der Waals surface area contributed by atoms with Crippen molar-refractivity contribution in [2.45, 2.75) is 46.2 Å². The minimum Gasteiger partial charge on any atom is -0.343 e. The lowest BCUT2D eigenvalue weighted by Gasteiger charge is -2.25. The second kappa shape index (κ2) is 6.24. The van der Waals surface area contributed by atoms with Crippen LogP contribution in [-0.2, 0) is 6.54 Å². The van der Waals surface area contributed by atoms with Gasteiger partial charge in [-0.3, -0.25) is 4.79 Å². The Morgan fingerprint density at radius 3 is 2.71 bits per heavy atom. The molecule has 0 saturated heterocycles. The molecule has 1 atom stereocenters. The fourth-order valence-corrected chi connectivity index (χ4v) is 2.37. The van der Waals surface area contributed by atoms with Gasteiger partial charge in [-0.25, -0.2) is 0 Å². The minimum absolute atomic E-state index is 0.0958. The highest BCUT2D eigenvalue weighted by atomic mass is 79.9. The van der Waals surface area contributed by atoms with E-state index in [2.05, 4.69) is 29.8 Å². The number of hydrogen-bond acceptors (Lipinski definition) is 1. The number of amides is 1. The van der Waals surface area contributed by atoms with E-state index in [0.717, 1.165) is 29.6 Å². The fourth-order valence-electron chi connectivity index (χ4n) is 1.91. The summed E-state index contributed by atoms with van der Waals surface area (Å²) >= 11 is 3.42. The van der Waals surface area contributed by atoms with E-state index in [9.17, 15) is 4.79 Å². The van der Waals surface area contributed by atoms with Crippen LogP contribution in [0.2, 0.25) is 0 Å².